The molecule has 134 valence electrons. The van der Waals surface area contributed by atoms with Crippen molar-refractivity contribution < 1.29 is 5.11 Å². The second-order valence-corrected chi connectivity index (χ2v) is 8.66. The predicted octanol–water partition coefficient (Wildman–Crippen LogP) is 4.89. The van der Waals surface area contributed by atoms with Crippen molar-refractivity contribution in [3.8, 4) is 5.75 Å². The van der Waals surface area contributed by atoms with Gasteiger partial charge < -0.3 is 5.11 Å². The van der Waals surface area contributed by atoms with Gasteiger partial charge in [-0.1, -0.05) is 18.2 Å². The van der Waals surface area contributed by atoms with E-state index >= 15 is 0 Å². The molecule has 1 saturated heterocycles. The highest BCUT2D eigenvalue weighted by molar-refractivity contribution is 9.10. The summed E-state index contributed by atoms with van der Waals surface area (Å²) in [6, 6.07) is 10.9. The number of hydrogen-bond donors (Lipinski definition) is 1. The number of phenols is 1. The zero-order valence-electron chi connectivity index (χ0n) is 14.7. The summed E-state index contributed by atoms with van der Waals surface area (Å²) in [6.07, 6.45) is 1.99. The SMILES string of the molecule is C=CCN1C[C@@H](C)N([C@@H](c2cccc(O)c2)c2cc(Br)cs2)C[C@@H]1C. The molecule has 2 heterocycles. The van der Waals surface area contributed by atoms with Crippen LogP contribution in [0.5, 0.6) is 5.75 Å². The van der Waals surface area contributed by atoms with E-state index in [1.54, 1.807) is 17.4 Å². The Morgan fingerprint density at radius 2 is 2.12 bits per heavy atom. The van der Waals surface area contributed by atoms with Gasteiger partial charge in [0, 0.05) is 46.4 Å². The summed E-state index contributed by atoms with van der Waals surface area (Å²) in [7, 11) is 0. The van der Waals surface area contributed by atoms with Crippen LogP contribution < -0.4 is 0 Å². The lowest BCUT2D eigenvalue weighted by Crippen LogP contribution is -2.57. The molecular weight excluding hydrogens is 396 g/mol. The second kappa shape index (κ2) is 8.04. The summed E-state index contributed by atoms with van der Waals surface area (Å²) in [6.45, 7) is 11.4. The molecule has 3 nitrogen and oxygen atoms in total. The molecule has 3 atom stereocenters. The fraction of sp³-hybridized carbons (Fsp3) is 0.400. The first-order valence-corrected chi connectivity index (χ1v) is 10.3. The molecular formula is C20H25BrN2OS. The van der Waals surface area contributed by atoms with Crippen LogP contribution in [0.1, 0.15) is 30.3 Å². The van der Waals surface area contributed by atoms with Crippen LogP contribution in [0.4, 0.5) is 0 Å². The average molecular weight is 421 g/mol. The summed E-state index contributed by atoms with van der Waals surface area (Å²) in [5.41, 5.74) is 1.14. The molecule has 1 aliphatic heterocycles. The molecule has 5 heteroatoms. The van der Waals surface area contributed by atoms with Crippen LogP contribution in [0.25, 0.3) is 0 Å². The van der Waals surface area contributed by atoms with Gasteiger partial charge in [0.25, 0.3) is 0 Å². The van der Waals surface area contributed by atoms with E-state index < -0.39 is 0 Å². The highest BCUT2D eigenvalue weighted by atomic mass is 79.9. The lowest BCUT2D eigenvalue weighted by atomic mass is 9.98. The van der Waals surface area contributed by atoms with E-state index in [1.807, 2.05) is 18.2 Å². The minimum absolute atomic E-state index is 0.159. The second-order valence-electron chi connectivity index (χ2n) is 6.80. The van der Waals surface area contributed by atoms with Crippen molar-refractivity contribution in [1.82, 2.24) is 9.80 Å². The van der Waals surface area contributed by atoms with Gasteiger partial charge >= 0.3 is 0 Å². The van der Waals surface area contributed by atoms with Crippen molar-refractivity contribution in [1.29, 1.82) is 0 Å². The van der Waals surface area contributed by atoms with Crippen LogP contribution in [-0.4, -0.2) is 46.6 Å². The van der Waals surface area contributed by atoms with Crippen LogP contribution in [0.2, 0.25) is 0 Å². The number of piperazine rings is 1. The van der Waals surface area contributed by atoms with Gasteiger partial charge in [0.2, 0.25) is 0 Å². The van der Waals surface area contributed by atoms with Gasteiger partial charge in [-0.05, 0) is 53.5 Å². The summed E-state index contributed by atoms with van der Waals surface area (Å²) < 4.78 is 1.11. The number of rotatable bonds is 5. The molecule has 2 aromatic rings. The lowest BCUT2D eigenvalue weighted by molar-refractivity contribution is 0.0315. The van der Waals surface area contributed by atoms with E-state index in [0.29, 0.717) is 17.8 Å². The first kappa shape index (κ1) is 18.6. The maximum Gasteiger partial charge on any atom is 0.115 e. The Labute approximate surface area is 162 Å². The van der Waals surface area contributed by atoms with Gasteiger partial charge in [0.15, 0.2) is 0 Å². The van der Waals surface area contributed by atoms with E-state index in [1.165, 1.54) is 4.88 Å². The molecule has 3 rings (SSSR count). The summed E-state index contributed by atoms with van der Waals surface area (Å²) in [5, 5.41) is 12.1. The fourth-order valence-electron chi connectivity index (χ4n) is 3.69. The Hall–Kier alpha value is -1.14. The van der Waals surface area contributed by atoms with Gasteiger partial charge in [0.05, 0.1) is 6.04 Å². The van der Waals surface area contributed by atoms with Gasteiger partial charge in [-0.3, -0.25) is 9.80 Å². The quantitative estimate of drug-likeness (QED) is 0.697. The van der Waals surface area contributed by atoms with Crippen LogP contribution in [0, 0.1) is 0 Å². The predicted molar refractivity (Wildman–Crippen MR) is 109 cm³/mol. The van der Waals surface area contributed by atoms with Crippen molar-refractivity contribution >= 4 is 27.3 Å². The van der Waals surface area contributed by atoms with Crippen LogP contribution in [-0.2, 0) is 0 Å². The van der Waals surface area contributed by atoms with Gasteiger partial charge in [-0.15, -0.1) is 17.9 Å². The smallest absolute Gasteiger partial charge is 0.115 e. The molecule has 1 aliphatic rings. The molecule has 0 spiro atoms. The van der Waals surface area contributed by atoms with E-state index in [9.17, 15) is 5.11 Å². The number of phenolic OH excluding ortho intramolecular Hbond substituents is 1. The van der Waals surface area contributed by atoms with Gasteiger partial charge in [-0.25, -0.2) is 0 Å². The Morgan fingerprint density at radius 1 is 1.32 bits per heavy atom. The first-order chi connectivity index (χ1) is 12.0. The number of halogens is 1. The molecule has 1 aromatic heterocycles. The molecule has 1 aromatic carbocycles. The lowest BCUT2D eigenvalue weighted by Gasteiger charge is -2.47. The molecule has 25 heavy (non-hydrogen) atoms. The van der Waals surface area contributed by atoms with Crippen LogP contribution in [0.15, 0.2) is 52.8 Å². The highest BCUT2D eigenvalue weighted by Gasteiger charge is 2.35. The van der Waals surface area contributed by atoms with Crippen LogP contribution >= 0.6 is 27.3 Å². The van der Waals surface area contributed by atoms with Gasteiger partial charge in [0.1, 0.15) is 5.75 Å². The van der Waals surface area contributed by atoms with Crippen molar-refractivity contribution in [2.75, 3.05) is 19.6 Å². The molecule has 1 N–H and O–H groups in total. The van der Waals surface area contributed by atoms with Crippen molar-refractivity contribution in [3.05, 3.63) is 63.3 Å². The third kappa shape index (κ3) is 4.17. The monoisotopic (exact) mass is 420 g/mol. The van der Waals surface area contributed by atoms with Crippen molar-refractivity contribution in [3.63, 3.8) is 0 Å². The van der Waals surface area contributed by atoms with Crippen molar-refractivity contribution in [2.45, 2.75) is 32.0 Å². The molecule has 0 radical (unpaired) electrons. The van der Waals surface area contributed by atoms with Gasteiger partial charge in [-0.2, -0.15) is 0 Å². The maximum atomic E-state index is 10.00. The molecule has 0 bridgehead atoms. The fourth-order valence-corrected chi connectivity index (χ4v) is 5.28. The molecule has 1 fully saturated rings. The minimum Gasteiger partial charge on any atom is -0.508 e. The number of thiophene rings is 1. The van der Waals surface area contributed by atoms with Crippen molar-refractivity contribution in [2.24, 2.45) is 0 Å². The van der Waals surface area contributed by atoms with Crippen LogP contribution in [0.3, 0.4) is 0 Å². The minimum atomic E-state index is 0.159. The maximum absolute atomic E-state index is 10.00. The summed E-state index contributed by atoms with van der Waals surface area (Å²) in [4.78, 5) is 6.35. The Bertz CT molecular complexity index is 732. The number of aromatic hydroxyl groups is 1. The molecule has 0 amide bonds. The van der Waals surface area contributed by atoms with E-state index in [0.717, 1.165) is 29.7 Å². The van der Waals surface area contributed by atoms with E-state index in [-0.39, 0.29) is 6.04 Å². The Morgan fingerprint density at radius 3 is 2.76 bits per heavy atom. The normalized spacial score (nSPS) is 23.5. The highest BCUT2D eigenvalue weighted by Crippen LogP contribution is 2.38. The first-order valence-electron chi connectivity index (χ1n) is 8.63. The molecule has 0 saturated carbocycles. The molecule has 0 aliphatic carbocycles. The molecule has 0 unspecified atom stereocenters. The van der Waals surface area contributed by atoms with E-state index in [4.69, 9.17) is 0 Å². The number of benzene rings is 1. The Balaban J connectivity index is 1.96. The third-order valence-corrected chi connectivity index (χ3v) is 6.65. The topological polar surface area (TPSA) is 26.7 Å². The standard InChI is InChI=1S/C20H25BrN2OS/c1-4-8-22-11-15(3)23(12-14(22)2)20(19-10-17(21)13-25-19)16-6-5-7-18(24)9-16/h4-7,9-10,13-15,20,24H,1,8,11-12H2,2-3H3/t14-,15+,20-/m0/s1. The summed E-state index contributed by atoms with van der Waals surface area (Å²) in [5.74, 6) is 0.323. The summed E-state index contributed by atoms with van der Waals surface area (Å²) >= 11 is 5.36. The third-order valence-electron chi connectivity index (χ3n) is 4.90. The number of hydrogen-bond acceptors (Lipinski definition) is 4. The largest absolute Gasteiger partial charge is 0.508 e. The zero-order chi connectivity index (χ0) is 18.0. The van der Waals surface area contributed by atoms with E-state index in [2.05, 4.69) is 63.7 Å². The Kier molecular flexibility index (Phi) is 6.00. The number of nitrogens with zero attached hydrogens (tertiary/aromatic N) is 2. The zero-order valence-corrected chi connectivity index (χ0v) is 17.1. The average Bonchev–Trinajstić information content (AvgIpc) is 2.98.